The largest absolute Gasteiger partial charge is 0.490 e. The van der Waals surface area contributed by atoms with E-state index in [9.17, 15) is 4.79 Å². The Bertz CT molecular complexity index is 532. The summed E-state index contributed by atoms with van der Waals surface area (Å²) in [5, 5.41) is 0. The lowest BCUT2D eigenvalue weighted by atomic mass is 10.1. The maximum atomic E-state index is 11.0. The van der Waals surface area contributed by atoms with Crippen LogP contribution >= 0.6 is 0 Å². The number of carbonyl (C=O) groups is 1. The van der Waals surface area contributed by atoms with E-state index in [0.29, 0.717) is 17.7 Å². The summed E-state index contributed by atoms with van der Waals surface area (Å²) in [5.74, 6) is 2.55. The third-order valence-corrected chi connectivity index (χ3v) is 5.07. The molecular weight excluding hydrogens is 276 g/mol. The van der Waals surface area contributed by atoms with Crippen molar-refractivity contribution >= 4 is 5.78 Å². The summed E-state index contributed by atoms with van der Waals surface area (Å²) in [6, 6.07) is 2.71. The van der Waals surface area contributed by atoms with E-state index in [4.69, 9.17) is 4.74 Å². The zero-order valence-corrected chi connectivity index (χ0v) is 13.6. The second-order valence-corrected chi connectivity index (χ2v) is 6.88. The molecule has 0 unspecified atom stereocenters. The van der Waals surface area contributed by atoms with Gasteiger partial charge in [0, 0.05) is 18.7 Å². The van der Waals surface area contributed by atoms with Crippen LogP contribution in [-0.4, -0.2) is 41.9 Å². The quantitative estimate of drug-likeness (QED) is 0.740. The molecule has 22 heavy (non-hydrogen) atoms. The molecule has 1 aromatic heterocycles. The van der Waals surface area contributed by atoms with Crippen molar-refractivity contribution in [2.45, 2.75) is 51.0 Å². The summed E-state index contributed by atoms with van der Waals surface area (Å²) >= 11 is 0. The van der Waals surface area contributed by atoms with Gasteiger partial charge >= 0.3 is 0 Å². The Morgan fingerprint density at radius 2 is 2.32 bits per heavy atom. The molecule has 1 aromatic rings. The first-order chi connectivity index (χ1) is 10.6. The Morgan fingerprint density at radius 1 is 1.45 bits per heavy atom. The standard InChI is InChI=1S/C18H26N2O2/c1-13(21)4-3-5-14-9-18(14)15-8-17(11-19-10-15)22-12-16-6-7-20(16)2/h8,10-11,14,16,18H,3-7,9,12H2,1-2H3/t14-,16-,18-/m0/s1. The fourth-order valence-corrected chi connectivity index (χ4v) is 3.28. The molecule has 3 atom stereocenters. The first kappa shape index (κ1) is 15.5. The molecule has 3 rings (SSSR count). The number of pyridine rings is 1. The molecule has 0 bridgehead atoms. The second kappa shape index (κ2) is 6.78. The lowest BCUT2D eigenvalue weighted by Crippen LogP contribution is -2.48. The van der Waals surface area contributed by atoms with Crippen LogP contribution in [0.3, 0.4) is 0 Å². The van der Waals surface area contributed by atoms with E-state index in [1.165, 1.54) is 24.9 Å². The number of likely N-dealkylation sites (N-methyl/N-ethyl adjacent to an activating group) is 1. The van der Waals surface area contributed by atoms with Gasteiger partial charge in [-0.05, 0) is 69.7 Å². The summed E-state index contributed by atoms with van der Waals surface area (Å²) < 4.78 is 5.90. The third-order valence-electron chi connectivity index (χ3n) is 5.07. The highest BCUT2D eigenvalue weighted by Crippen LogP contribution is 2.50. The van der Waals surface area contributed by atoms with E-state index < -0.39 is 0 Å². The van der Waals surface area contributed by atoms with Gasteiger partial charge in [-0.2, -0.15) is 0 Å². The molecule has 120 valence electrons. The van der Waals surface area contributed by atoms with Crippen LogP contribution in [0.15, 0.2) is 18.5 Å². The van der Waals surface area contributed by atoms with Crippen molar-refractivity contribution in [1.82, 2.24) is 9.88 Å². The molecule has 0 radical (unpaired) electrons. The predicted octanol–water partition coefficient (Wildman–Crippen LogP) is 3.03. The highest BCUT2D eigenvalue weighted by molar-refractivity contribution is 5.75. The fourth-order valence-electron chi connectivity index (χ4n) is 3.28. The van der Waals surface area contributed by atoms with Crippen LogP contribution in [0.1, 0.15) is 50.5 Å². The SMILES string of the molecule is CC(=O)CCC[C@H]1C[C@@H]1c1cncc(OC[C@@H]2CCN2C)c1. The van der Waals surface area contributed by atoms with Crippen LogP contribution < -0.4 is 4.74 Å². The van der Waals surface area contributed by atoms with Crippen molar-refractivity contribution in [3.63, 3.8) is 0 Å². The van der Waals surface area contributed by atoms with E-state index in [1.54, 1.807) is 6.92 Å². The summed E-state index contributed by atoms with van der Waals surface area (Å²) in [6.45, 7) is 3.61. The van der Waals surface area contributed by atoms with Crippen molar-refractivity contribution in [2.75, 3.05) is 20.2 Å². The maximum Gasteiger partial charge on any atom is 0.137 e. The van der Waals surface area contributed by atoms with Crippen LogP contribution in [0.5, 0.6) is 5.75 Å². The molecule has 2 heterocycles. The van der Waals surface area contributed by atoms with Crippen molar-refractivity contribution < 1.29 is 9.53 Å². The van der Waals surface area contributed by atoms with Gasteiger partial charge in [0.1, 0.15) is 18.1 Å². The molecule has 0 spiro atoms. The Morgan fingerprint density at radius 3 is 3.00 bits per heavy atom. The van der Waals surface area contributed by atoms with Gasteiger partial charge in [0.15, 0.2) is 0 Å². The van der Waals surface area contributed by atoms with Gasteiger partial charge < -0.3 is 9.53 Å². The van der Waals surface area contributed by atoms with Crippen LogP contribution in [0, 0.1) is 5.92 Å². The first-order valence-electron chi connectivity index (χ1n) is 8.41. The van der Waals surface area contributed by atoms with Crippen molar-refractivity contribution in [3.8, 4) is 5.75 Å². The average Bonchev–Trinajstić information content (AvgIpc) is 3.25. The van der Waals surface area contributed by atoms with Crippen molar-refractivity contribution in [2.24, 2.45) is 5.92 Å². The topological polar surface area (TPSA) is 42.4 Å². The predicted molar refractivity (Wildman–Crippen MR) is 86.1 cm³/mol. The molecule has 4 heteroatoms. The second-order valence-electron chi connectivity index (χ2n) is 6.88. The smallest absolute Gasteiger partial charge is 0.137 e. The summed E-state index contributed by atoms with van der Waals surface area (Å²) in [7, 11) is 2.14. The molecule has 0 amide bonds. The summed E-state index contributed by atoms with van der Waals surface area (Å²) in [6.07, 6.45) is 9.14. The van der Waals surface area contributed by atoms with E-state index in [0.717, 1.165) is 37.5 Å². The zero-order chi connectivity index (χ0) is 15.5. The number of carbonyl (C=O) groups excluding carboxylic acids is 1. The van der Waals surface area contributed by atoms with Gasteiger partial charge in [-0.3, -0.25) is 9.88 Å². The molecule has 0 aromatic carbocycles. The number of hydrogen-bond donors (Lipinski definition) is 0. The normalized spacial score (nSPS) is 27.3. The Labute approximate surface area is 132 Å². The minimum atomic E-state index is 0.301. The maximum absolute atomic E-state index is 11.0. The Balaban J connectivity index is 1.46. The lowest BCUT2D eigenvalue weighted by molar-refractivity contribution is -0.117. The van der Waals surface area contributed by atoms with Crippen LogP contribution in [0.4, 0.5) is 0 Å². The Kier molecular flexibility index (Phi) is 4.77. The molecule has 1 saturated carbocycles. The van der Waals surface area contributed by atoms with E-state index in [1.807, 2.05) is 12.4 Å². The number of aromatic nitrogens is 1. The number of Topliss-reactive ketones (excluding diaryl/α,β-unsaturated/α-hetero) is 1. The van der Waals surface area contributed by atoms with Crippen LogP contribution in [0.2, 0.25) is 0 Å². The number of hydrogen-bond acceptors (Lipinski definition) is 4. The molecule has 2 aliphatic rings. The highest BCUT2D eigenvalue weighted by Gasteiger charge is 2.38. The fraction of sp³-hybridized carbons (Fsp3) is 0.667. The lowest BCUT2D eigenvalue weighted by Gasteiger charge is -2.37. The van der Waals surface area contributed by atoms with Gasteiger partial charge in [-0.1, -0.05) is 0 Å². The summed E-state index contributed by atoms with van der Waals surface area (Å²) in [4.78, 5) is 17.7. The van der Waals surface area contributed by atoms with Gasteiger partial charge in [-0.25, -0.2) is 0 Å². The molecule has 2 fully saturated rings. The van der Waals surface area contributed by atoms with E-state index >= 15 is 0 Å². The third kappa shape index (κ3) is 3.86. The number of ketones is 1. The zero-order valence-electron chi connectivity index (χ0n) is 13.6. The molecular formula is C18H26N2O2. The van der Waals surface area contributed by atoms with Crippen molar-refractivity contribution in [3.05, 3.63) is 24.0 Å². The van der Waals surface area contributed by atoms with Crippen LogP contribution in [0.25, 0.3) is 0 Å². The average molecular weight is 302 g/mol. The van der Waals surface area contributed by atoms with Gasteiger partial charge in [0.05, 0.1) is 6.20 Å². The first-order valence-corrected chi connectivity index (χ1v) is 8.41. The molecule has 1 aliphatic carbocycles. The Hall–Kier alpha value is -1.42. The number of likely N-dealkylation sites (tertiary alicyclic amines) is 1. The minimum Gasteiger partial charge on any atom is -0.490 e. The van der Waals surface area contributed by atoms with Crippen molar-refractivity contribution in [1.29, 1.82) is 0 Å². The summed E-state index contributed by atoms with van der Waals surface area (Å²) in [5.41, 5.74) is 1.30. The number of nitrogens with zero attached hydrogens (tertiary/aromatic N) is 2. The van der Waals surface area contributed by atoms with Crippen LogP contribution in [-0.2, 0) is 4.79 Å². The monoisotopic (exact) mass is 302 g/mol. The molecule has 0 N–H and O–H groups in total. The minimum absolute atomic E-state index is 0.301. The highest BCUT2D eigenvalue weighted by atomic mass is 16.5. The molecule has 1 aliphatic heterocycles. The van der Waals surface area contributed by atoms with E-state index in [-0.39, 0.29) is 0 Å². The number of rotatable bonds is 8. The molecule has 1 saturated heterocycles. The van der Waals surface area contributed by atoms with Gasteiger partial charge in [0.2, 0.25) is 0 Å². The molecule has 4 nitrogen and oxygen atoms in total. The van der Waals surface area contributed by atoms with Gasteiger partial charge in [0.25, 0.3) is 0 Å². The number of ether oxygens (including phenoxy) is 1. The van der Waals surface area contributed by atoms with E-state index in [2.05, 4.69) is 23.0 Å². The van der Waals surface area contributed by atoms with Gasteiger partial charge in [-0.15, -0.1) is 0 Å².